The molecule has 0 spiro atoms. The SMILES string of the molecule is COC(=O)CC(C)c1ccc(Oc2cccc(Br)c2)cc1. The summed E-state index contributed by atoms with van der Waals surface area (Å²) in [6, 6.07) is 15.4. The van der Waals surface area contributed by atoms with Crippen molar-refractivity contribution in [3.05, 3.63) is 58.6 Å². The predicted molar refractivity (Wildman–Crippen MR) is 85.7 cm³/mol. The predicted octanol–water partition coefficient (Wildman–Crippen LogP) is 4.91. The van der Waals surface area contributed by atoms with Crippen molar-refractivity contribution >= 4 is 21.9 Å². The van der Waals surface area contributed by atoms with E-state index in [9.17, 15) is 4.79 Å². The number of hydrogen-bond donors (Lipinski definition) is 0. The van der Waals surface area contributed by atoms with Gasteiger partial charge in [0, 0.05) is 4.47 Å². The molecule has 1 atom stereocenters. The average molecular weight is 349 g/mol. The van der Waals surface area contributed by atoms with Crippen LogP contribution in [0.3, 0.4) is 0 Å². The van der Waals surface area contributed by atoms with E-state index in [1.54, 1.807) is 0 Å². The summed E-state index contributed by atoms with van der Waals surface area (Å²) in [6.45, 7) is 2.00. The monoisotopic (exact) mass is 348 g/mol. The number of ether oxygens (including phenoxy) is 2. The standard InChI is InChI=1S/C17H17BrO3/c1-12(10-17(19)20-2)13-6-8-15(9-7-13)21-16-5-3-4-14(18)11-16/h3-9,11-12H,10H2,1-2H3. The van der Waals surface area contributed by atoms with Gasteiger partial charge in [-0.1, -0.05) is 41.1 Å². The number of carbonyl (C=O) groups excluding carboxylic acids is 1. The van der Waals surface area contributed by atoms with Gasteiger partial charge in [-0.3, -0.25) is 4.79 Å². The first-order chi connectivity index (χ1) is 10.1. The smallest absolute Gasteiger partial charge is 0.306 e. The summed E-state index contributed by atoms with van der Waals surface area (Å²) in [4.78, 5) is 11.3. The van der Waals surface area contributed by atoms with Crippen LogP contribution in [-0.4, -0.2) is 13.1 Å². The average Bonchev–Trinajstić information content (AvgIpc) is 2.47. The maximum absolute atomic E-state index is 11.3. The second-order valence-corrected chi connectivity index (χ2v) is 5.73. The van der Waals surface area contributed by atoms with Gasteiger partial charge in [0.2, 0.25) is 0 Å². The van der Waals surface area contributed by atoms with E-state index in [1.165, 1.54) is 7.11 Å². The van der Waals surface area contributed by atoms with E-state index in [-0.39, 0.29) is 11.9 Å². The minimum atomic E-state index is -0.197. The first-order valence-electron chi connectivity index (χ1n) is 6.68. The maximum atomic E-state index is 11.3. The molecule has 2 rings (SSSR count). The number of hydrogen-bond acceptors (Lipinski definition) is 3. The van der Waals surface area contributed by atoms with E-state index in [4.69, 9.17) is 4.74 Å². The molecular weight excluding hydrogens is 332 g/mol. The molecular formula is C17H17BrO3. The van der Waals surface area contributed by atoms with Crippen LogP contribution in [0.5, 0.6) is 11.5 Å². The minimum absolute atomic E-state index is 0.123. The highest BCUT2D eigenvalue weighted by Crippen LogP contribution is 2.27. The van der Waals surface area contributed by atoms with Crippen LogP contribution < -0.4 is 4.74 Å². The molecule has 0 amide bonds. The largest absolute Gasteiger partial charge is 0.469 e. The van der Waals surface area contributed by atoms with E-state index in [2.05, 4.69) is 20.7 Å². The van der Waals surface area contributed by atoms with Crippen molar-refractivity contribution in [1.29, 1.82) is 0 Å². The van der Waals surface area contributed by atoms with Crippen LogP contribution in [0.25, 0.3) is 0 Å². The van der Waals surface area contributed by atoms with E-state index < -0.39 is 0 Å². The number of carbonyl (C=O) groups is 1. The first kappa shape index (κ1) is 15.6. The quantitative estimate of drug-likeness (QED) is 0.720. The molecule has 0 bridgehead atoms. The van der Waals surface area contributed by atoms with Crippen molar-refractivity contribution in [1.82, 2.24) is 0 Å². The van der Waals surface area contributed by atoms with Crippen LogP contribution in [-0.2, 0) is 9.53 Å². The van der Waals surface area contributed by atoms with Crippen molar-refractivity contribution < 1.29 is 14.3 Å². The van der Waals surface area contributed by atoms with Crippen LogP contribution in [0.2, 0.25) is 0 Å². The zero-order valence-corrected chi connectivity index (χ0v) is 13.6. The van der Waals surface area contributed by atoms with Gasteiger partial charge in [-0.15, -0.1) is 0 Å². The Kier molecular flexibility index (Phi) is 5.39. The minimum Gasteiger partial charge on any atom is -0.469 e. The summed E-state index contributed by atoms with van der Waals surface area (Å²) in [6.07, 6.45) is 0.377. The van der Waals surface area contributed by atoms with Crippen LogP contribution in [0, 0.1) is 0 Å². The number of esters is 1. The second kappa shape index (κ2) is 7.27. The lowest BCUT2D eigenvalue weighted by Crippen LogP contribution is -2.05. The topological polar surface area (TPSA) is 35.5 Å². The summed E-state index contributed by atoms with van der Waals surface area (Å²) in [7, 11) is 1.41. The molecule has 4 heteroatoms. The molecule has 2 aromatic carbocycles. The van der Waals surface area contributed by atoms with Crippen molar-refractivity contribution in [3.8, 4) is 11.5 Å². The molecule has 3 nitrogen and oxygen atoms in total. The lowest BCUT2D eigenvalue weighted by molar-refractivity contribution is -0.140. The lowest BCUT2D eigenvalue weighted by atomic mass is 9.98. The highest BCUT2D eigenvalue weighted by molar-refractivity contribution is 9.10. The van der Waals surface area contributed by atoms with Crippen LogP contribution in [0.1, 0.15) is 24.8 Å². The van der Waals surface area contributed by atoms with Gasteiger partial charge in [0.15, 0.2) is 0 Å². The zero-order valence-electron chi connectivity index (χ0n) is 12.0. The maximum Gasteiger partial charge on any atom is 0.306 e. The van der Waals surface area contributed by atoms with Gasteiger partial charge in [-0.2, -0.15) is 0 Å². The molecule has 21 heavy (non-hydrogen) atoms. The molecule has 0 aliphatic carbocycles. The Balaban J connectivity index is 2.03. The van der Waals surface area contributed by atoms with Crippen LogP contribution in [0.4, 0.5) is 0 Å². The number of halogens is 1. The Morgan fingerprint density at radius 2 is 1.86 bits per heavy atom. The molecule has 0 radical (unpaired) electrons. The Hall–Kier alpha value is -1.81. The van der Waals surface area contributed by atoms with E-state index >= 15 is 0 Å². The van der Waals surface area contributed by atoms with Crippen molar-refractivity contribution in [2.45, 2.75) is 19.3 Å². The van der Waals surface area contributed by atoms with Gasteiger partial charge in [-0.05, 0) is 41.8 Å². The third-order valence-corrected chi connectivity index (χ3v) is 3.67. The number of rotatable bonds is 5. The first-order valence-corrected chi connectivity index (χ1v) is 7.48. The Labute approximate surface area is 133 Å². The number of benzene rings is 2. The molecule has 0 fully saturated rings. The lowest BCUT2D eigenvalue weighted by Gasteiger charge is -2.11. The van der Waals surface area contributed by atoms with Gasteiger partial charge < -0.3 is 9.47 Å². The molecule has 1 unspecified atom stereocenters. The molecule has 0 heterocycles. The van der Waals surface area contributed by atoms with E-state index in [1.807, 2.05) is 55.5 Å². The Morgan fingerprint density at radius 1 is 1.14 bits per heavy atom. The summed E-state index contributed by atoms with van der Waals surface area (Å²) in [5.41, 5.74) is 1.09. The Bertz CT molecular complexity index is 608. The van der Waals surface area contributed by atoms with Crippen LogP contribution in [0.15, 0.2) is 53.0 Å². The summed E-state index contributed by atoms with van der Waals surface area (Å²) < 4.78 is 11.4. The molecule has 2 aromatic rings. The normalized spacial score (nSPS) is 11.8. The van der Waals surface area contributed by atoms with E-state index in [0.717, 1.165) is 21.5 Å². The fourth-order valence-corrected chi connectivity index (χ4v) is 2.36. The third-order valence-electron chi connectivity index (χ3n) is 3.18. The third kappa shape index (κ3) is 4.60. The fourth-order valence-electron chi connectivity index (χ4n) is 1.98. The summed E-state index contributed by atoms with van der Waals surface area (Å²) in [5, 5.41) is 0. The van der Waals surface area contributed by atoms with Crippen molar-refractivity contribution in [2.24, 2.45) is 0 Å². The molecule has 0 saturated carbocycles. The highest BCUT2D eigenvalue weighted by Gasteiger charge is 2.11. The van der Waals surface area contributed by atoms with E-state index in [0.29, 0.717) is 6.42 Å². The Morgan fingerprint density at radius 3 is 2.48 bits per heavy atom. The molecule has 0 aliphatic heterocycles. The van der Waals surface area contributed by atoms with Crippen molar-refractivity contribution in [2.75, 3.05) is 7.11 Å². The summed E-state index contributed by atoms with van der Waals surface area (Å²) >= 11 is 3.41. The highest BCUT2D eigenvalue weighted by atomic mass is 79.9. The van der Waals surface area contributed by atoms with Gasteiger partial charge in [0.05, 0.1) is 13.5 Å². The molecule has 0 aliphatic rings. The van der Waals surface area contributed by atoms with Crippen LogP contribution >= 0.6 is 15.9 Å². The van der Waals surface area contributed by atoms with Gasteiger partial charge in [0.25, 0.3) is 0 Å². The van der Waals surface area contributed by atoms with Gasteiger partial charge in [0.1, 0.15) is 11.5 Å². The molecule has 0 saturated heterocycles. The van der Waals surface area contributed by atoms with Gasteiger partial charge >= 0.3 is 5.97 Å². The molecule has 0 N–H and O–H groups in total. The molecule has 110 valence electrons. The second-order valence-electron chi connectivity index (χ2n) is 4.81. The fraction of sp³-hybridized carbons (Fsp3) is 0.235. The van der Waals surface area contributed by atoms with Gasteiger partial charge in [-0.25, -0.2) is 0 Å². The summed E-state index contributed by atoms with van der Waals surface area (Å²) in [5.74, 6) is 1.47. The number of methoxy groups -OCH3 is 1. The molecule has 0 aromatic heterocycles. The van der Waals surface area contributed by atoms with Crippen molar-refractivity contribution in [3.63, 3.8) is 0 Å². The zero-order chi connectivity index (χ0) is 15.2.